The lowest BCUT2D eigenvalue weighted by Gasteiger charge is -2.12. The lowest BCUT2D eigenvalue weighted by molar-refractivity contribution is -0.137. The van der Waals surface area contributed by atoms with Gasteiger partial charge in [0, 0.05) is 15.5 Å². The Balaban J connectivity index is 2.19. The van der Waals surface area contributed by atoms with Crippen LogP contribution in [0, 0.1) is 0 Å². The van der Waals surface area contributed by atoms with Gasteiger partial charge in [0.1, 0.15) is 0 Å². The minimum absolute atomic E-state index is 0.0949. The van der Waals surface area contributed by atoms with Crippen molar-refractivity contribution in [1.29, 1.82) is 0 Å². The molecule has 0 atom stereocenters. The van der Waals surface area contributed by atoms with Crippen LogP contribution in [0.15, 0.2) is 35.5 Å². The Bertz CT molecular complexity index is 698. The Kier molecular flexibility index (Phi) is 5.36. The van der Waals surface area contributed by atoms with Crippen molar-refractivity contribution in [3.05, 3.63) is 55.7 Å². The van der Waals surface area contributed by atoms with Gasteiger partial charge in [-0.05, 0) is 37.3 Å². The van der Waals surface area contributed by atoms with Crippen molar-refractivity contribution in [2.24, 2.45) is 5.16 Å². The summed E-state index contributed by atoms with van der Waals surface area (Å²) in [7, 11) is 0. The van der Waals surface area contributed by atoms with E-state index < -0.39 is 11.7 Å². The smallest absolute Gasteiger partial charge is 0.390 e. The maximum absolute atomic E-state index is 13.0. The fraction of sp³-hybridized carbons (Fsp3) is 0.214. The maximum atomic E-state index is 13.0. The van der Waals surface area contributed by atoms with Crippen LogP contribution in [-0.2, 0) is 17.6 Å². The topological polar surface area (TPSA) is 21.6 Å². The summed E-state index contributed by atoms with van der Waals surface area (Å²) in [6.07, 6.45) is -4.49. The molecular formula is C14H10Cl2F3NOS. The molecule has 0 spiro atoms. The van der Waals surface area contributed by atoms with Gasteiger partial charge in [-0.15, -0.1) is 11.3 Å². The van der Waals surface area contributed by atoms with Gasteiger partial charge in [0.15, 0.2) is 6.61 Å². The van der Waals surface area contributed by atoms with Gasteiger partial charge in [-0.1, -0.05) is 28.4 Å². The summed E-state index contributed by atoms with van der Waals surface area (Å²) in [5, 5.41) is 3.93. The van der Waals surface area contributed by atoms with Gasteiger partial charge in [0.25, 0.3) is 0 Å². The molecule has 8 heteroatoms. The van der Waals surface area contributed by atoms with Gasteiger partial charge in [-0.25, -0.2) is 0 Å². The third-order valence-electron chi connectivity index (χ3n) is 2.71. The van der Waals surface area contributed by atoms with E-state index in [9.17, 15) is 13.2 Å². The van der Waals surface area contributed by atoms with Crippen LogP contribution in [0.4, 0.5) is 13.2 Å². The van der Waals surface area contributed by atoms with Crippen molar-refractivity contribution in [3.63, 3.8) is 0 Å². The summed E-state index contributed by atoms with van der Waals surface area (Å²) in [6, 6.07) is 6.80. The molecule has 1 aromatic heterocycles. The zero-order valence-corrected chi connectivity index (χ0v) is 13.6. The standard InChI is InChI=1S/C14H10Cl2F3NOS/c1-8(20-21-7-10-3-5-13(16)22-10)11-6-9(15)2-4-12(11)14(17,18)19/h2-6H,7H2,1H3. The molecular weight excluding hydrogens is 358 g/mol. The Labute approximate surface area is 139 Å². The zero-order valence-electron chi connectivity index (χ0n) is 11.2. The van der Waals surface area contributed by atoms with Gasteiger partial charge in [0.2, 0.25) is 0 Å². The summed E-state index contributed by atoms with van der Waals surface area (Å²) in [5.41, 5.74) is -0.817. The first-order valence-electron chi connectivity index (χ1n) is 6.05. The average molecular weight is 368 g/mol. The lowest BCUT2D eigenvalue weighted by Crippen LogP contribution is -2.12. The molecule has 0 saturated carbocycles. The summed E-state index contributed by atoms with van der Waals surface area (Å²) in [6.45, 7) is 1.57. The summed E-state index contributed by atoms with van der Waals surface area (Å²) >= 11 is 12.9. The van der Waals surface area contributed by atoms with E-state index >= 15 is 0 Å². The molecule has 1 heterocycles. The quantitative estimate of drug-likeness (QED) is 0.478. The Hall–Kier alpha value is -1.24. The molecule has 0 aliphatic rings. The second-order valence-corrected chi connectivity index (χ2v) is 6.58. The van der Waals surface area contributed by atoms with Gasteiger partial charge in [0.05, 0.1) is 15.6 Å². The number of hydrogen-bond donors (Lipinski definition) is 0. The molecule has 0 aliphatic heterocycles. The Morgan fingerprint density at radius 3 is 2.55 bits per heavy atom. The van der Waals surface area contributed by atoms with Crippen LogP contribution in [0.2, 0.25) is 9.36 Å². The first-order chi connectivity index (χ1) is 10.3. The largest absolute Gasteiger partial charge is 0.417 e. The molecule has 0 bridgehead atoms. The number of rotatable bonds is 4. The molecule has 0 unspecified atom stereocenters. The fourth-order valence-electron chi connectivity index (χ4n) is 1.73. The van der Waals surface area contributed by atoms with E-state index in [0.717, 1.165) is 10.9 Å². The molecule has 0 saturated heterocycles. The van der Waals surface area contributed by atoms with Crippen molar-refractivity contribution in [2.45, 2.75) is 19.7 Å². The highest BCUT2D eigenvalue weighted by Gasteiger charge is 2.34. The first kappa shape index (κ1) is 17.1. The second-order valence-electron chi connectivity index (χ2n) is 4.34. The molecule has 22 heavy (non-hydrogen) atoms. The second kappa shape index (κ2) is 6.89. The minimum atomic E-state index is -4.49. The van der Waals surface area contributed by atoms with E-state index in [-0.39, 0.29) is 22.9 Å². The number of oxime groups is 1. The Morgan fingerprint density at radius 1 is 1.23 bits per heavy atom. The molecule has 2 rings (SSSR count). The van der Waals surface area contributed by atoms with Gasteiger partial charge >= 0.3 is 6.18 Å². The molecule has 1 aromatic carbocycles. The molecule has 2 nitrogen and oxygen atoms in total. The third-order valence-corrected chi connectivity index (χ3v) is 4.15. The maximum Gasteiger partial charge on any atom is 0.417 e. The predicted octanol–water partition coefficient (Wildman–Crippen LogP) is 6.01. The molecule has 118 valence electrons. The summed E-state index contributed by atoms with van der Waals surface area (Å²) in [4.78, 5) is 5.91. The van der Waals surface area contributed by atoms with Crippen molar-refractivity contribution in [2.75, 3.05) is 0 Å². The minimum Gasteiger partial charge on any atom is -0.390 e. The molecule has 0 aliphatic carbocycles. The molecule has 0 amide bonds. The van der Waals surface area contributed by atoms with Crippen LogP contribution in [0.5, 0.6) is 0 Å². The molecule has 2 aromatic rings. The van der Waals surface area contributed by atoms with E-state index in [1.54, 1.807) is 12.1 Å². The molecule has 0 fully saturated rings. The predicted molar refractivity (Wildman–Crippen MR) is 82.8 cm³/mol. The van der Waals surface area contributed by atoms with Crippen molar-refractivity contribution in [3.8, 4) is 0 Å². The van der Waals surface area contributed by atoms with Crippen LogP contribution in [0.1, 0.15) is 22.9 Å². The summed E-state index contributed by atoms with van der Waals surface area (Å²) in [5.74, 6) is 0. The fourth-order valence-corrected chi connectivity index (χ4v) is 2.90. The monoisotopic (exact) mass is 367 g/mol. The van der Waals surface area contributed by atoms with Crippen molar-refractivity contribution < 1.29 is 18.0 Å². The lowest BCUT2D eigenvalue weighted by atomic mass is 10.0. The van der Waals surface area contributed by atoms with Crippen LogP contribution in [0.3, 0.4) is 0 Å². The Morgan fingerprint density at radius 2 is 1.95 bits per heavy atom. The van der Waals surface area contributed by atoms with Crippen LogP contribution < -0.4 is 0 Å². The SMILES string of the molecule is CC(=NOCc1ccc(Cl)s1)c1cc(Cl)ccc1C(F)(F)F. The summed E-state index contributed by atoms with van der Waals surface area (Å²) < 4.78 is 39.5. The van der Waals surface area contributed by atoms with Crippen LogP contribution in [-0.4, -0.2) is 5.71 Å². The van der Waals surface area contributed by atoms with Crippen molar-refractivity contribution >= 4 is 40.3 Å². The first-order valence-corrected chi connectivity index (χ1v) is 7.62. The van der Waals surface area contributed by atoms with Gasteiger partial charge < -0.3 is 4.84 Å². The zero-order chi connectivity index (χ0) is 16.3. The number of halogens is 5. The highest BCUT2D eigenvalue weighted by Crippen LogP contribution is 2.33. The van der Waals surface area contributed by atoms with E-state index in [2.05, 4.69) is 5.16 Å². The van der Waals surface area contributed by atoms with Gasteiger partial charge in [-0.3, -0.25) is 0 Å². The highest BCUT2D eigenvalue weighted by molar-refractivity contribution is 7.16. The number of alkyl halides is 3. The van der Waals surface area contributed by atoms with Crippen LogP contribution >= 0.6 is 34.5 Å². The van der Waals surface area contributed by atoms with E-state index in [4.69, 9.17) is 28.0 Å². The highest BCUT2D eigenvalue weighted by atomic mass is 35.5. The van der Waals surface area contributed by atoms with E-state index in [0.29, 0.717) is 4.34 Å². The number of benzene rings is 1. The third kappa shape index (κ3) is 4.38. The van der Waals surface area contributed by atoms with E-state index in [1.165, 1.54) is 30.4 Å². The van der Waals surface area contributed by atoms with E-state index in [1.807, 2.05) is 0 Å². The molecule has 0 radical (unpaired) electrons. The van der Waals surface area contributed by atoms with Crippen molar-refractivity contribution in [1.82, 2.24) is 0 Å². The molecule has 0 N–H and O–H groups in total. The normalized spacial score (nSPS) is 12.5. The number of nitrogens with zero attached hydrogens (tertiary/aromatic N) is 1. The number of thiophene rings is 1. The van der Waals surface area contributed by atoms with Crippen LogP contribution in [0.25, 0.3) is 0 Å². The average Bonchev–Trinajstić information content (AvgIpc) is 2.83. The number of hydrogen-bond acceptors (Lipinski definition) is 3. The van der Waals surface area contributed by atoms with Gasteiger partial charge in [-0.2, -0.15) is 13.2 Å².